The van der Waals surface area contributed by atoms with Crippen LogP contribution >= 0.6 is 0 Å². The predicted molar refractivity (Wildman–Crippen MR) is 145 cm³/mol. The van der Waals surface area contributed by atoms with E-state index in [1.165, 1.54) is 30.1 Å². The minimum absolute atomic E-state index is 0.0417. The first-order chi connectivity index (χ1) is 18.7. The minimum atomic E-state index is -3.62. The summed E-state index contributed by atoms with van der Waals surface area (Å²) in [6.07, 6.45) is 5.32. The van der Waals surface area contributed by atoms with Crippen LogP contribution in [0.2, 0.25) is 0 Å². The number of hydrogen-bond acceptors (Lipinski definition) is 7. The van der Waals surface area contributed by atoms with Gasteiger partial charge in [-0.15, -0.1) is 0 Å². The maximum Gasteiger partial charge on any atom is 0.308 e. The van der Waals surface area contributed by atoms with E-state index in [4.69, 9.17) is 9.47 Å². The fourth-order valence-electron chi connectivity index (χ4n) is 8.22. The molecule has 3 aliphatic carbocycles. The second-order valence-electron chi connectivity index (χ2n) is 12.2. The molecule has 0 amide bonds. The van der Waals surface area contributed by atoms with Gasteiger partial charge in [-0.05, 0) is 62.5 Å². The molecule has 2 heterocycles. The summed E-state index contributed by atoms with van der Waals surface area (Å²) >= 11 is 0. The highest BCUT2D eigenvalue weighted by atomic mass is 32.2. The maximum absolute atomic E-state index is 13.7. The average molecular weight is 553 g/mol. The number of carbonyl (C=O) groups excluding carboxylic acids is 1. The fraction of sp³-hybridized carbons (Fsp3) is 0.567. The number of rotatable bonds is 7. The zero-order chi connectivity index (χ0) is 27.1. The van der Waals surface area contributed by atoms with Crippen molar-refractivity contribution in [1.29, 1.82) is 0 Å². The molecule has 2 bridgehead atoms. The van der Waals surface area contributed by atoms with Crippen molar-refractivity contribution >= 4 is 16.0 Å². The third-order valence-electron chi connectivity index (χ3n) is 10.0. The zero-order valence-electron chi connectivity index (χ0n) is 22.5. The number of phenols is 1. The Morgan fingerprint density at radius 1 is 1.21 bits per heavy atom. The van der Waals surface area contributed by atoms with E-state index >= 15 is 0 Å². The lowest BCUT2D eigenvalue weighted by molar-refractivity contribution is -0.132. The van der Waals surface area contributed by atoms with Crippen LogP contribution < -0.4 is 9.47 Å². The molecule has 0 aromatic heterocycles. The number of likely N-dealkylation sites (N-methyl/N-ethyl adjacent to an activating group) is 1. The normalized spacial score (nSPS) is 31.1. The maximum atomic E-state index is 13.7. The van der Waals surface area contributed by atoms with E-state index in [1.54, 1.807) is 7.05 Å². The molecule has 1 N–H and O–H groups in total. The lowest BCUT2D eigenvalue weighted by Crippen LogP contribution is -2.69. The third kappa shape index (κ3) is 3.91. The number of benzene rings is 2. The number of hydrogen-bond donors (Lipinski definition) is 1. The molecule has 2 aromatic rings. The molecule has 2 saturated carbocycles. The molecule has 39 heavy (non-hydrogen) atoms. The first-order valence-electron chi connectivity index (χ1n) is 14.2. The molecule has 2 aliphatic heterocycles. The Hall–Kier alpha value is -2.62. The Labute approximate surface area is 229 Å². The number of piperidine rings is 1. The smallest absolute Gasteiger partial charge is 0.308 e. The Kier molecular flexibility index (Phi) is 5.81. The van der Waals surface area contributed by atoms with Gasteiger partial charge in [0.2, 0.25) is 10.0 Å². The second-order valence-corrected chi connectivity index (χ2v) is 14.2. The van der Waals surface area contributed by atoms with Crippen LogP contribution in [0.15, 0.2) is 36.4 Å². The molecule has 208 valence electrons. The molecule has 3 fully saturated rings. The van der Waals surface area contributed by atoms with Gasteiger partial charge in [-0.3, -0.25) is 9.69 Å². The van der Waals surface area contributed by atoms with Gasteiger partial charge in [0, 0.05) is 49.2 Å². The molecule has 0 radical (unpaired) electrons. The number of ether oxygens (including phenoxy) is 2. The summed E-state index contributed by atoms with van der Waals surface area (Å²) in [5, 5.41) is 11.1. The van der Waals surface area contributed by atoms with Crippen molar-refractivity contribution in [2.24, 2.45) is 11.8 Å². The van der Waals surface area contributed by atoms with Crippen molar-refractivity contribution < 1.29 is 27.8 Å². The molecule has 9 heteroatoms. The molecule has 8 nitrogen and oxygen atoms in total. The van der Waals surface area contributed by atoms with Gasteiger partial charge >= 0.3 is 5.97 Å². The Morgan fingerprint density at radius 2 is 1.97 bits per heavy atom. The van der Waals surface area contributed by atoms with Crippen LogP contribution in [0.25, 0.3) is 0 Å². The standard InChI is InChI=1S/C30H36N2O6S/c1-18(33)37-26-15-25(34)28-27-21(26)14-24-22-10-11-23(31(2)39(35,36)17-20-6-4-3-5-7-20)29(38-28)30(22,27)12-13-32(24)16-19-8-9-19/h3-7,15,19,22-24,29,34H,8-14,16-17H2,1-2H3/t22-,23+,24+,29-,30-/m0/s1. The molecule has 2 aromatic carbocycles. The van der Waals surface area contributed by atoms with Gasteiger partial charge in [-0.2, -0.15) is 4.31 Å². The van der Waals surface area contributed by atoms with E-state index in [2.05, 4.69) is 4.90 Å². The van der Waals surface area contributed by atoms with Crippen LogP contribution in [0.3, 0.4) is 0 Å². The zero-order valence-corrected chi connectivity index (χ0v) is 23.3. The van der Waals surface area contributed by atoms with Gasteiger partial charge in [-0.25, -0.2) is 8.42 Å². The van der Waals surface area contributed by atoms with Crippen LogP contribution in [-0.2, 0) is 32.4 Å². The van der Waals surface area contributed by atoms with Crippen molar-refractivity contribution in [2.75, 3.05) is 20.1 Å². The van der Waals surface area contributed by atoms with E-state index in [0.717, 1.165) is 55.0 Å². The largest absolute Gasteiger partial charge is 0.504 e. The van der Waals surface area contributed by atoms with Crippen LogP contribution in [0.1, 0.15) is 55.7 Å². The van der Waals surface area contributed by atoms with Crippen LogP contribution in [0.4, 0.5) is 0 Å². The van der Waals surface area contributed by atoms with E-state index in [0.29, 0.717) is 17.9 Å². The molecule has 5 aliphatic rings. The number of aromatic hydroxyl groups is 1. The Balaban J connectivity index is 1.31. The summed E-state index contributed by atoms with van der Waals surface area (Å²) in [7, 11) is -1.94. The summed E-state index contributed by atoms with van der Waals surface area (Å²) in [5.74, 6) is 1.37. The number of carbonyl (C=O) groups is 1. The molecule has 0 unspecified atom stereocenters. The fourth-order valence-corrected chi connectivity index (χ4v) is 9.66. The molecule has 7 rings (SSSR count). The number of phenolic OH excluding ortho intramolecular Hbond substituents is 1. The third-order valence-corrected chi connectivity index (χ3v) is 11.9. The highest BCUT2D eigenvalue weighted by molar-refractivity contribution is 7.88. The Morgan fingerprint density at radius 3 is 2.69 bits per heavy atom. The van der Waals surface area contributed by atoms with Crippen LogP contribution in [-0.4, -0.2) is 67.0 Å². The van der Waals surface area contributed by atoms with Crippen LogP contribution in [0, 0.1) is 11.8 Å². The van der Waals surface area contributed by atoms with Crippen molar-refractivity contribution in [3.8, 4) is 17.2 Å². The van der Waals surface area contributed by atoms with Crippen LogP contribution in [0.5, 0.6) is 17.2 Å². The van der Waals surface area contributed by atoms with E-state index in [9.17, 15) is 18.3 Å². The predicted octanol–water partition coefficient (Wildman–Crippen LogP) is 3.60. The van der Waals surface area contributed by atoms with Gasteiger partial charge in [0.1, 0.15) is 11.9 Å². The first-order valence-corrected chi connectivity index (χ1v) is 15.8. The van der Waals surface area contributed by atoms with Gasteiger partial charge in [-0.1, -0.05) is 30.3 Å². The highest BCUT2D eigenvalue weighted by Gasteiger charge is 2.67. The summed E-state index contributed by atoms with van der Waals surface area (Å²) in [5.41, 5.74) is 2.22. The number of nitrogens with zero attached hydrogens (tertiary/aromatic N) is 2. The van der Waals surface area contributed by atoms with Crippen molar-refractivity contribution in [1.82, 2.24) is 9.21 Å². The van der Waals surface area contributed by atoms with Gasteiger partial charge < -0.3 is 14.6 Å². The van der Waals surface area contributed by atoms with Crippen molar-refractivity contribution in [2.45, 2.75) is 74.8 Å². The minimum Gasteiger partial charge on any atom is -0.504 e. The Bertz CT molecular complexity index is 1420. The van der Waals surface area contributed by atoms with E-state index < -0.39 is 27.5 Å². The number of esters is 1. The summed E-state index contributed by atoms with van der Waals surface area (Å²) in [4.78, 5) is 14.7. The number of likely N-dealkylation sites (tertiary alicyclic amines) is 1. The number of sulfonamides is 1. The summed E-state index contributed by atoms with van der Waals surface area (Å²) < 4.78 is 41.2. The molecular weight excluding hydrogens is 516 g/mol. The van der Waals surface area contributed by atoms with Gasteiger partial charge in [0.25, 0.3) is 0 Å². The SMILES string of the molecule is CC(=O)Oc1cc(O)c2c3c1C[C@@H]1[C@@H]4CC[C@@H](N(C)S(=O)(=O)Cc5ccccc5)[C@H](O2)[C@]34CCN1CC1CC1. The highest BCUT2D eigenvalue weighted by Crippen LogP contribution is 2.66. The molecular formula is C30H36N2O6S. The topological polar surface area (TPSA) is 96.4 Å². The first kappa shape index (κ1) is 25.4. The second kappa shape index (κ2) is 8.94. The summed E-state index contributed by atoms with van der Waals surface area (Å²) in [6, 6.07) is 10.7. The molecule has 1 saturated heterocycles. The van der Waals surface area contributed by atoms with Gasteiger partial charge in [0.15, 0.2) is 11.5 Å². The lowest BCUT2D eigenvalue weighted by Gasteiger charge is -2.60. The van der Waals surface area contributed by atoms with Gasteiger partial charge in [0.05, 0.1) is 11.8 Å². The van der Waals surface area contributed by atoms with Crippen molar-refractivity contribution in [3.05, 3.63) is 53.1 Å². The van der Waals surface area contributed by atoms with E-state index in [1.807, 2.05) is 30.3 Å². The van der Waals surface area contributed by atoms with Crippen molar-refractivity contribution in [3.63, 3.8) is 0 Å². The quantitative estimate of drug-likeness (QED) is 0.414. The average Bonchev–Trinajstić information content (AvgIpc) is 3.64. The van der Waals surface area contributed by atoms with E-state index in [-0.39, 0.29) is 29.5 Å². The molecule has 5 atom stereocenters. The lowest BCUT2D eigenvalue weighted by atomic mass is 9.51. The summed E-state index contributed by atoms with van der Waals surface area (Å²) in [6.45, 7) is 3.38. The molecule has 1 spiro atoms. The monoisotopic (exact) mass is 552 g/mol.